The third-order valence-electron chi connectivity index (χ3n) is 2.80. The Labute approximate surface area is 120 Å². The summed E-state index contributed by atoms with van der Waals surface area (Å²) in [6.45, 7) is 14.9. The summed E-state index contributed by atoms with van der Waals surface area (Å²) in [4.78, 5) is 8.08. The van der Waals surface area contributed by atoms with Crippen LogP contribution in [0.2, 0.25) is 0 Å². The molecule has 0 atom stereocenters. The van der Waals surface area contributed by atoms with Gasteiger partial charge in [-0.05, 0) is 20.1 Å². The summed E-state index contributed by atoms with van der Waals surface area (Å²) in [5, 5.41) is 0. The Morgan fingerprint density at radius 1 is 1.21 bits per heavy atom. The zero-order chi connectivity index (χ0) is 13.6. The van der Waals surface area contributed by atoms with Gasteiger partial charge >= 0.3 is 0 Å². The molecule has 1 aliphatic rings. The molecule has 19 heavy (non-hydrogen) atoms. The summed E-state index contributed by atoms with van der Waals surface area (Å²) in [5.74, 6) is 1.95. The Bertz CT molecular complexity index is 503. The average molecular weight is 279 g/mol. The highest BCUT2D eigenvalue weighted by molar-refractivity contribution is 5.76. The summed E-state index contributed by atoms with van der Waals surface area (Å²) in [7, 11) is 0. The third kappa shape index (κ3) is 3.77. The zero-order valence-electron chi connectivity index (χ0n) is 11.3. The molecule has 0 saturated carbocycles. The smallest absolute Gasteiger partial charge is 0.213 e. The van der Waals surface area contributed by atoms with Crippen molar-refractivity contribution in [2.45, 2.75) is 13.8 Å². The van der Waals surface area contributed by atoms with Crippen molar-refractivity contribution in [1.82, 2.24) is 9.55 Å². The van der Waals surface area contributed by atoms with Gasteiger partial charge in [-0.15, -0.1) is 0 Å². The number of quaternary nitrogens is 1. The minimum atomic E-state index is 0. The van der Waals surface area contributed by atoms with Gasteiger partial charge in [-0.2, -0.15) is 0 Å². The van der Waals surface area contributed by atoms with Gasteiger partial charge in [0.2, 0.25) is 5.84 Å². The molecule has 0 amide bonds. The van der Waals surface area contributed by atoms with Gasteiger partial charge in [-0.1, -0.05) is 6.58 Å². The van der Waals surface area contributed by atoms with Gasteiger partial charge in [0.15, 0.2) is 0 Å². The monoisotopic (exact) mass is 278 g/mol. The van der Waals surface area contributed by atoms with Crippen molar-refractivity contribution < 1.29 is 16.9 Å². The van der Waals surface area contributed by atoms with Crippen LogP contribution in [0.5, 0.6) is 0 Å². The predicted molar refractivity (Wildman–Crippen MR) is 76.3 cm³/mol. The molecular weight excluding hydrogens is 260 g/mol. The first-order valence-corrected chi connectivity index (χ1v) is 5.59. The SMILES string of the molecule is C=C[N+]1(C=C)C=CN=C1C.C=Cn1ccnc1C.[Cl-]. The van der Waals surface area contributed by atoms with Crippen LogP contribution in [-0.2, 0) is 0 Å². The number of aryl methyl sites for hydroxylation is 1. The summed E-state index contributed by atoms with van der Waals surface area (Å²) in [6, 6.07) is 0. The molecule has 0 radical (unpaired) electrons. The molecule has 2 heterocycles. The topological polar surface area (TPSA) is 30.2 Å². The van der Waals surface area contributed by atoms with E-state index in [0.717, 1.165) is 11.7 Å². The van der Waals surface area contributed by atoms with Gasteiger partial charge in [0.1, 0.15) is 24.4 Å². The van der Waals surface area contributed by atoms with E-state index in [9.17, 15) is 0 Å². The third-order valence-corrected chi connectivity index (χ3v) is 2.80. The van der Waals surface area contributed by atoms with E-state index in [4.69, 9.17) is 0 Å². The molecule has 0 bridgehead atoms. The number of nitrogens with zero attached hydrogens (tertiary/aromatic N) is 4. The summed E-state index contributed by atoms with van der Waals surface area (Å²) in [6.07, 6.45) is 12.6. The number of halogens is 1. The highest BCUT2D eigenvalue weighted by atomic mass is 35.5. The lowest BCUT2D eigenvalue weighted by Crippen LogP contribution is -3.00. The van der Waals surface area contributed by atoms with E-state index < -0.39 is 0 Å². The van der Waals surface area contributed by atoms with Crippen molar-refractivity contribution >= 4 is 12.0 Å². The van der Waals surface area contributed by atoms with Crippen molar-refractivity contribution in [1.29, 1.82) is 0 Å². The van der Waals surface area contributed by atoms with Crippen LogP contribution in [0.15, 0.2) is 61.9 Å². The van der Waals surface area contributed by atoms with Crippen LogP contribution < -0.4 is 12.4 Å². The molecule has 5 heteroatoms. The van der Waals surface area contributed by atoms with Crippen LogP contribution in [0.3, 0.4) is 0 Å². The second-order valence-electron chi connectivity index (χ2n) is 3.74. The zero-order valence-corrected chi connectivity index (χ0v) is 12.1. The first-order valence-electron chi connectivity index (χ1n) is 5.59. The van der Waals surface area contributed by atoms with Crippen LogP contribution in [0, 0.1) is 6.92 Å². The first-order chi connectivity index (χ1) is 8.59. The molecule has 1 aromatic rings. The predicted octanol–water partition coefficient (Wildman–Crippen LogP) is 0.289. The van der Waals surface area contributed by atoms with Gasteiger partial charge < -0.3 is 17.0 Å². The van der Waals surface area contributed by atoms with Gasteiger partial charge in [0, 0.05) is 25.5 Å². The quantitative estimate of drug-likeness (QED) is 0.731. The van der Waals surface area contributed by atoms with Crippen molar-refractivity contribution in [2.24, 2.45) is 4.99 Å². The van der Waals surface area contributed by atoms with Crippen LogP contribution >= 0.6 is 0 Å². The van der Waals surface area contributed by atoms with Crippen molar-refractivity contribution in [3.05, 3.63) is 62.8 Å². The first kappa shape index (κ1) is 17.1. The molecule has 102 valence electrons. The molecule has 1 aliphatic heterocycles. The van der Waals surface area contributed by atoms with E-state index in [2.05, 4.69) is 29.7 Å². The van der Waals surface area contributed by atoms with Crippen LogP contribution in [-0.4, -0.2) is 19.9 Å². The number of imidazole rings is 1. The Balaban J connectivity index is 0.000000331. The molecule has 2 rings (SSSR count). The Kier molecular flexibility index (Phi) is 6.75. The van der Waals surface area contributed by atoms with Crippen LogP contribution in [0.25, 0.3) is 6.20 Å². The fourth-order valence-electron chi connectivity index (χ4n) is 1.50. The number of aromatic nitrogens is 2. The van der Waals surface area contributed by atoms with E-state index in [1.807, 2.05) is 30.8 Å². The molecule has 0 aromatic carbocycles. The van der Waals surface area contributed by atoms with Crippen molar-refractivity contribution in [3.8, 4) is 0 Å². The lowest BCUT2D eigenvalue weighted by Gasteiger charge is -2.19. The Morgan fingerprint density at radius 2 is 1.84 bits per heavy atom. The van der Waals surface area contributed by atoms with E-state index in [1.165, 1.54) is 0 Å². The minimum Gasteiger partial charge on any atom is -1.00 e. The maximum Gasteiger partial charge on any atom is 0.213 e. The number of amidine groups is 1. The highest BCUT2D eigenvalue weighted by Crippen LogP contribution is 2.17. The molecule has 1 aromatic heterocycles. The van der Waals surface area contributed by atoms with Gasteiger partial charge in [0.25, 0.3) is 0 Å². The normalized spacial score (nSPS) is 14.5. The molecule has 0 aliphatic carbocycles. The lowest BCUT2D eigenvalue weighted by atomic mass is 10.4. The molecule has 0 fully saturated rings. The molecule has 4 nitrogen and oxygen atoms in total. The van der Waals surface area contributed by atoms with E-state index in [1.54, 1.807) is 31.0 Å². The minimum absolute atomic E-state index is 0. The number of rotatable bonds is 3. The maximum absolute atomic E-state index is 4.10. The molecule has 0 saturated heterocycles. The summed E-state index contributed by atoms with van der Waals surface area (Å²) >= 11 is 0. The summed E-state index contributed by atoms with van der Waals surface area (Å²) < 4.78 is 2.33. The average Bonchev–Trinajstić information content (AvgIpc) is 2.96. The Hall–Kier alpha value is -1.91. The second-order valence-corrected chi connectivity index (χ2v) is 3.74. The number of aliphatic imine (C=N–C) groups is 1. The Morgan fingerprint density at radius 3 is 2.05 bits per heavy atom. The molecular formula is C14H19ClN4. The summed E-state index contributed by atoms with van der Waals surface area (Å²) in [5.41, 5.74) is 0. The maximum atomic E-state index is 4.10. The standard InChI is InChI=1S/C8H11N2.C6H8N2.ClH/c1-4-10(5-2)7-6-9-8(10)3;1-3-8-5-4-7-6(8)2;/h4-7H,1-2H2,3H3;3-5H,1H2,2H3;1H/q+1;;/p-1. The highest BCUT2D eigenvalue weighted by Gasteiger charge is 2.25. The second kappa shape index (κ2) is 7.51. The van der Waals surface area contributed by atoms with Gasteiger partial charge in [-0.3, -0.25) is 0 Å². The largest absolute Gasteiger partial charge is 1.00 e. The lowest BCUT2D eigenvalue weighted by molar-refractivity contribution is -0.667. The van der Waals surface area contributed by atoms with E-state index in [0.29, 0.717) is 4.48 Å². The number of hydrogen-bond acceptors (Lipinski definition) is 2. The van der Waals surface area contributed by atoms with E-state index >= 15 is 0 Å². The van der Waals surface area contributed by atoms with E-state index in [-0.39, 0.29) is 12.4 Å². The fraction of sp³-hybridized carbons (Fsp3) is 0.143. The molecule has 0 N–H and O–H groups in total. The number of hydrogen-bond donors (Lipinski definition) is 0. The van der Waals surface area contributed by atoms with Gasteiger partial charge in [-0.25, -0.2) is 14.5 Å². The molecule has 0 unspecified atom stereocenters. The van der Waals surface area contributed by atoms with Crippen LogP contribution in [0.4, 0.5) is 0 Å². The fourth-order valence-corrected chi connectivity index (χ4v) is 1.50. The van der Waals surface area contributed by atoms with Crippen LogP contribution in [0.1, 0.15) is 12.7 Å². The molecule has 0 spiro atoms. The van der Waals surface area contributed by atoms with Crippen molar-refractivity contribution in [2.75, 3.05) is 0 Å². The van der Waals surface area contributed by atoms with Crippen molar-refractivity contribution in [3.63, 3.8) is 0 Å². The van der Waals surface area contributed by atoms with Gasteiger partial charge in [0.05, 0.1) is 6.20 Å².